The zero-order valence-electron chi connectivity index (χ0n) is 19.2. The van der Waals surface area contributed by atoms with E-state index in [9.17, 15) is 18.0 Å². The van der Waals surface area contributed by atoms with Crippen molar-refractivity contribution in [2.75, 3.05) is 16.8 Å². The molecule has 2 saturated heterocycles. The van der Waals surface area contributed by atoms with Crippen LogP contribution in [0, 0.1) is 0 Å². The molecule has 0 saturated carbocycles. The molecular weight excluding hydrogens is 438 g/mol. The lowest BCUT2D eigenvalue weighted by atomic mass is 10.0. The van der Waals surface area contributed by atoms with Crippen molar-refractivity contribution in [1.29, 1.82) is 0 Å². The second kappa shape index (κ2) is 9.65. The van der Waals surface area contributed by atoms with Gasteiger partial charge in [-0.15, -0.1) is 0 Å². The molecule has 2 aromatic carbocycles. The molecule has 2 aliphatic heterocycles. The first-order chi connectivity index (χ1) is 15.8. The summed E-state index contributed by atoms with van der Waals surface area (Å²) in [6.45, 7) is 4.65. The number of benzene rings is 2. The van der Waals surface area contributed by atoms with Crippen LogP contribution in [0.15, 0.2) is 53.4 Å². The van der Waals surface area contributed by atoms with E-state index in [0.29, 0.717) is 12.1 Å². The quantitative estimate of drug-likeness (QED) is 0.694. The van der Waals surface area contributed by atoms with Crippen molar-refractivity contribution in [1.82, 2.24) is 4.31 Å². The van der Waals surface area contributed by atoms with Gasteiger partial charge >= 0.3 is 0 Å². The van der Waals surface area contributed by atoms with Gasteiger partial charge in [0.15, 0.2) is 0 Å². The summed E-state index contributed by atoms with van der Waals surface area (Å²) >= 11 is 0. The molecule has 2 aromatic rings. The van der Waals surface area contributed by atoms with Gasteiger partial charge in [0.05, 0.1) is 11.3 Å². The van der Waals surface area contributed by atoms with Crippen molar-refractivity contribution in [3.63, 3.8) is 0 Å². The number of nitrogens with zero attached hydrogens (tertiary/aromatic N) is 2. The summed E-state index contributed by atoms with van der Waals surface area (Å²) in [5.41, 5.74) is 2.25. The number of carbonyl (C=O) groups excluding carboxylic acids is 2. The lowest BCUT2D eigenvalue weighted by Gasteiger charge is -2.37. The summed E-state index contributed by atoms with van der Waals surface area (Å²) in [6, 6.07) is 13.8. The number of nitrogens with one attached hydrogen (secondary N) is 1. The van der Waals surface area contributed by atoms with Gasteiger partial charge in [-0.25, -0.2) is 8.42 Å². The molecule has 0 spiro atoms. The van der Waals surface area contributed by atoms with Crippen LogP contribution in [0.5, 0.6) is 0 Å². The van der Waals surface area contributed by atoms with Crippen LogP contribution >= 0.6 is 0 Å². The Kier molecular flexibility index (Phi) is 6.86. The molecule has 33 heavy (non-hydrogen) atoms. The van der Waals surface area contributed by atoms with E-state index in [0.717, 1.165) is 43.5 Å². The zero-order valence-corrected chi connectivity index (χ0v) is 20.0. The van der Waals surface area contributed by atoms with Crippen LogP contribution in [0.2, 0.25) is 0 Å². The van der Waals surface area contributed by atoms with E-state index in [-0.39, 0.29) is 35.2 Å². The molecule has 2 atom stereocenters. The molecule has 176 valence electrons. The summed E-state index contributed by atoms with van der Waals surface area (Å²) in [6.07, 6.45) is 4.43. The average molecular weight is 470 g/mol. The Bertz CT molecular complexity index is 1100. The van der Waals surface area contributed by atoms with Crippen LogP contribution in [0.25, 0.3) is 0 Å². The maximum atomic E-state index is 13.1. The third-order valence-electron chi connectivity index (χ3n) is 6.51. The molecule has 4 rings (SSSR count). The van der Waals surface area contributed by atoms with E-state index in [4.69, 9.17) is 0 Å². The maximum absolute atomic E-state index is 13.1. The van der Waals surface area contributed by atoms with Crippen molar-refractivity contribution < 1.29 is 18.0 Å². The van der Waals surface area contributed by atoms with E-state index in [1.54, 1.807) is 33.5 Å². The molecule has 7 nitrogen and oxygen atoms in total. The predicted octanol–water partition coefficient (Wildman–Crippen LogP) is 3.95. The third-order valence-corrected chi connectivity index (χ3v) is 8.65. The van der Waals surface area contributed by atoms with Crippen LogP contribution in [0.4, 0.5) is 11.4 Å². The summed E-state index contributed by atoms with van der Waals surface area (Å²) in [4.78, 5) is 26.4. The molecule has 2 aliphatic rings. The Balaban J connectivity index is 1.37. The van der Waals surface area contributed by atoms with Crippen molar-refractivity contribution >= 4 is 33.2 Å². The Morgan fingerprint density at radius 2 is 1.61 bits per heavy atom. The number of anilines is 2. The molecule has 0 unspecified atom stereocenters. The molecule has 0 aromatic heterocycles. The average Bonchev–Trinajstić information content (AvgIpc) is 3.20. The van der Waals surface area contributed by atoms with Gasteiger partial charge in [-0.3, -0.25) is 9.59 Å². The van der Waals surface area contributed by atoms with Gasteiger partial charge in [0, 0.05) is 36.4 Å². The Morgan fingerprint density at radius 1 is 0.970 bits per heavy atom. The minimum Gasteiger partial charge on any atom is -0.326 e. The Labute approximate surface area is 195 Å². The first kappa shape index (κ1) is 23.4. The van der Waals surface area contributed by atoms with Crippen LogP contribution in [0.3, 0.4) is 0 Å². The van der Waals surface area contributed by atoms with Crippen LogP contribution in [-0.2, 0) is 26.0 Å². The maximum Gasteiger partial charge on any atom is 0.243 e. The number of piperidine rings is 1. The predicted molar refractivity (Wildman–Crippen MR) is 129 cm³/mol. The zero-order chi connectivity index (χ0) is 23.6. The second-order valence-electron chi connectivity index (χ2n) is 9.03. The summed E-state index contributed by atoms with van der Waals surface area (Å²) < 4.78 is 27.9. The minimum atomic E-state index is -3.58. The molecule has 0 bridgehead atoms. The highest BCUT2D eigenvalue weighted by atomic mass is 32.2. The SMILES string of the molecule is C[C@H]1CCC[C@H](C)N1S(=O)(=O)c1ccc(NC(=O)Cc2ccc(N3CCCC3=O)cc2)cc1. The van der Waals surface area contributed by atoms with Crippen LogP contribution in [0.1, 0.15) is 51.5 Å². The number of amides is 2. The topological polar surface area (TPSA) is 86.8 Å². The molecule has 8 heteroatoms. The van der Waals surface area contributed by atoms with Crippen molar-refractivity contribution in [2.24, 2.45) is 0 Å². The molecule has 1 N–H and O–H groups in total. The van der Waals surface area contributed by atoms with Gasteiger partial charge in [-0.2, -0.15) is 4.31 Å². The van der Waals surface area contributed by atoms with E-state index in [2.05, 4.69) is 5.32 Å². The fourth-order valence-electron chi connectivity index (χ4n) is 4.81. The second-order valence-corrected chi connectivity index (χ2v) is 10.9. The normalized spacial score (nSPS) is 21.9. The van der Waals surface area contributed by atoms with Crippen molar-refractivity contribution in [3.8, 4) is 0 Å². The number of hydrogen-bond acceptors (Lipinski definition) is 4. The molecular formula is C25H31N3O4S. The highest BCUT2D eigenvalue weighted by Crippen LogP contribution is 2.30. The van der Waals surface area contributed by atoms with Gasteiger partial charge in [-0.1, -0.05) is 18.6 Å². The summed E-state index contributed by atoms with van der Waals surface area (Å²) in [7, 11) is -3.58. The number of carbonyl (C=O) groups is 2. The van der Waals surface area contributed by atoms with Gasteiger partial charge in [-0.05, 0) is 75.1 Å². The third kappa shape index (κ3) is 5.12. The number of sulfonamides is 1. The summed E-state index contributed by atoms with van der Waals surface area (Å²) in [5, 5.41) is 2.83. The van der Waals surface area contributed by atoms with Gasteiger partial charge in [0.25, 0.3) is 0 Å². The first-order valence-corrected chi connectivity index (χ1v) is 13.0. The van der Waals surface area contributed by atoms with Gasteiger partial charge in [0.2, 0.25) is 21.8 Å². The van der Waals surface area contributed by atoms with Crippen LogP contribution < -0.4 is 10.2 Å². The van der Waals surface area contributed by atoms with Crippen molar-refractivity contribution in [3.05, 3.63) is 54.1 Å². The lowest BCUT2D eigenvalue weighted by Crippen LogP contribution is -2.47. The van der Waals surface area contributed by atoms with Gasteiger partial charge in [0.1, 0.15) is 0 Å². The van der Waals surface area contributed by atoms with Gasteiger partial charge < -0.3 is 10.2 Å². The molecule has 2 fully saturated rings. The highest BCUT2D eigenvalue weighted by Gasteiger charge is 2.35. The fourth-order valence-corrected chi connectivity index (χ4v) is 6.69. The number of hydrogen-bond donors (Lipinski definition) is 1. The molecule has 0 radical (unpaired) electrons. The fraction of sp³-hybridized carbons (Fsp3) is 0.440. The molecule has 0 aliphatic carbocycles. The molecule has 2 amide bonds. The van der Waals surface area contributed by atoms with Crippen molar-refractivity contribution in [2.45, 2.75) is 69.4 Å². The summed E-state index contributed by atoms with van der Waals surface area (Å²) in [5.74, 6) is -0.0518. The van der Waals surface area contributed by atoms with E-state index in [1.165, 1.54) is 0 Å². The van der Waals surface area contributed by atoms with E-state index in [1.807, 2.05) is 38.1 Å². The van der Waals surface area contributed by atoms with E-state index < -0.39 is 10.0 Å². The minimum absolute atomic E-state index is 0.0203. The lowest BCUT2D eigenvalue weighted by molar-refractivity contribution is -0.117. The number of rotatable bonds is 6. The Hall–Kier alpha value is -2.71. The highest BCUT2D eigenvalue weighted by molar-refractivity contribution is 7.89. The van der Waals surface area contributed by atoms with Crippen LogP contribution in [-0.4, -0.2) is 43.2 Å². The first-order valence-electron chi connectivity index (χ1n) is 11.6. The standard InChI is InChI=1S/C25H31N3O4S/c1-18-5-3-6-19(2)28(18)33(31,32)23-14-10-21(11-15-23)26-24(29)17-20-8-12-22(13-9-20)27-16-4-7-25(27)30/h8-15,18-19H,3-7,16-17H2,1-2H3,(H,26,29)/t18-,19-/m0/s1. The van der Waals surface area contributed by atoms with E-state index >= 15 is 0 Å². The molecule has 2 heterocycles. The smallest absolute Gasteiger partial charge is 0.243 e. The monoisotopic (exact) mass is 469 g/mol. The Morgan fingerprint density at radius 3 is 2.18 bits per heavy atom. The largest absolute Gasteiger partial charge is 0.326 e.